The highest BCUT2D eigenvalue weighted by Gasteiger charge is 2.14. The van der Waals surface area contributed by atoms with Crippen molar-refractivity contribution in [3.05, 3.63) is 66.4 Å². The lowest BCUT2D eigenvalue weighted by Crippen LogP contribution is -2.27. The van der Waals surface area contributed by atoms with Crippen LogP contribution in [-0.2, 0) is 0 Å². The predicted molar refractivity (Wildman–Crippen MR) is 113 cm³/mol. The SMILES string of the molecule is CCCCN(CCCOc1c(C(O)O)ccc2ccccc12)c1ccccn1. The van der Waals surface area contributed by atoms with Crippen LogP contribution >= 0.6 is 0 Å². The second-order valence-electron chi connectivity index (χ2n) is 6.81. The smallest absolute Gasteiger partial charge is 0.182 e. The minimum Gasteiger partial charge on any atom is -0.492 e. The summed E-state index contributed by atoms with van der Waals surface area (Å²) in [7, 11) is 0. The number of pyridine rings is 1. The van der Waals surface area contributed by atoms with Crippen LogP contribution in [0.2, 0.25) is 0 Å². The number of ether oxygens (including phenoxy) is 1. The molecule has 0 radical (unpaired) electrons. The molecule has 2 aromatic carbocycles. The van der Waals surface area contributed by atoms with Crippen LogP contribution in [0.4, 0.5) is 5.82 Å². The number of aliphatic hydroxyl groups excluding tert-OH is 1. The quantitative estimate of drug-likeness (QED) is 0.406. The highest BCUT2D eigenvalue weighted by molar-refractivity contribution is 5.89. The molecule has 3 rings (SSSR count). The van der Waals surface area contributed by atoms with Gasteiger partial charge in [0.15, 0.2) is 6.29 Å². The zero-order chi connectivity index (χ0) is 19.8. The molecule has 0 aliphatic rings. The summed E-state index contributed by atoms with van der Waals surface area (Å²) in [5.74, 6) is 1.53. The Morgan fingerprint density at radius 2 is 1.75 bits per heavy atom. The Labute approximate surface area is 166 Å². The Morgan fingerprint density at radius 1 is 0.964 bits per heavy atom. The van der Waals surface area contributed by atoms with Crippen LogP contribution in [-0.4, -0.2) is 34.9 Å². The lowest BCUT2D eigenvalue weighted by atomic mass is 10.0. The van der Waals surface area contributed by atoms with Crippen molar-refractivity contribution in [2.24, 2.45) is 0 Å². The minimum atomic E-state index is -1.56. The van der Waals surface area contributed by atoms with Gasteiger partial charge in [-0.2, -0.15) is 0 Å². The summed E-state index contributed by atoms with van der Waals surface area (Å²) in [6.45, 7) is 4.46. The van der Waals surface area contributed by atoms with Gasteiger partial charge in [0.25, 0.3) is 0 Å². The molecular formula is C23H28N2O3. The van der Waals surface area contributed by atoms with E-state index in [0.29, 0.717) is 17.9 Å². The molecule has 0 saturated carbocycles. The maximum Gasteiger partial charge on any atom is 0.182 e. The van der Waals surface area contributed by atoms with Crippen LogP contribution < -0.4 is 9.64 Å². The van der Waals surface area contributed by atoms with Crippen LogP contribution in [0, 0.1) is 0 Å². The van der Waals surface area contributed by atoms with Crippen molar-refractivity contribution in [2.45, 2.75) is 32.5 Å². The molecule has 0 aliphatic carbocycles. The van der Waals surface area contributed by atoms with Crippen molar-refractivity contribution < 1.29 is 14.9 Å². The van der Waals surface area contributed by atoms with Gasteiger partial charge < -0.3 is 19.8 Å². The monoisotopic (exact) mass is 380 g/mol. The average Bonchev–Trinajstić information content (AvgIpc) is 2.73. The summed E-state index contributed by atoms with van der Waals surface area (Å²) in [6.07, 6.45) is 3.31. The number of benzene rings is 2. The van der Waals surface area contributed by atoms with Gasteiger partial charge in [-0.05, 0) is 36.4 Å². The van der Waals surface area contributed by atoms with Gasteiger partial charge in [-0.1, -0.05) is 49.7 Å². The van der Waals surface area contributed by atoms with Crippen molar-refractivity contribution in [3.8, 4) is 5.75 Å². The standard InChI is InChI=1S/C23H28N2O3/c1-2-3-15-25(21-11-6-7-14-24-21)16-8-17-28-22-19-10-5-4-9-18(19)12-13-20(22)23(26)27/h4-7,9-14,23,26-27H,2-3,8,15-17H2,1H3. The Balaban J connectivity index is 1.67. The fourth-order valence-corrected chi connectivity index (χ4v) is 3.28. The van der Waals surface area contributed by atoms with E-state index in [0.717, 1.165) is 48.9 Å². The van der Waals surface area contributed by atoms with Crippen molar-refractivity contribution >= 4 is 16.6 Å². The Hall–Kier alpha value is -2.63. The van der Waals surface area contributed by atoms with Crippen LogP contribution in [0.1, 0.15) is 38.0 Å². The van der Waals surface area contributed by atoms with Crippen LogP contribution in [0.5, 0.6) is 5.75 Å². The first kappa shape index (κ1) is 20.1. The highest BCUT2D eigenvalue weighted by Crippen LogP contribution is 2.33. The Kier molecular flexibility index (Phi) is 7.23. The molecule has 0 amide bonds. The molecule has 28 heavy (non-hydrogen) atoms. The summed E-state index contributed by atoms with van der Waals surface area (Å²) < 4.78 is 6.04. The van der Waals surface area contributed by atoms with E-state index in [-0.39, 0.29) is 0 Å². The number of aliphatic hydroxyl groups is 2. The molecule has 1 heterocycles. The third-order valence-electron chi connectivity index (χ3n) is 4.76. The predicted octanol–water partition coefficient (Wildman–Crippen LogP) is 4.29. The molecule has 0 atom stereocenters. The van der Waals surface area contributed by atoms with E-state index in [1.165, 1.54) is 0 Å². The summed E-state index contributed by atoms with van der Waals surface area (Å²) >= 11 is 0. The summed E-state index contributed by atoms with van der Waals surface area (Å²) in [4.78, 5) is 6.74. The van der Waals surface area contributed by atoms with Gasteiger partial charge in [0, 0.05) is 30.2 Å². The fraction of sp³-hybridized carbons (Fsp3) is 0.348. The van der Waals surface area contributed by atoms with Crippen molar-refractivity contribution in [2.75, 3.05) is 24.6 Å². The van der Waals surface area contributed by atoms with Crippen LogP contribution in [0.25, 0.3) is 10.8 Å². The third-order valence-corrected chi connectivity index (χ3v) is 4.76. The number of rotatable bonds is 10. The molecule has 0 saturated heterocycles. The van der Waals surface area contributed by atoms with Crippen molar-refractivity contribution in [3.63, 3.8) is 0 Å². The topological polar surface area (TPSA) is 65.8 Å². The number of hydrogen-bond acceptors (Lipinski definition) is 5. The largest absolute Gasteiger partial charge is 0.492 e. The third kappa shape index (κ3) is 5.00. The molecule has 0 aliphatic heterocycles. The number of hydrogen-bond donors (Lipinski definition) is 2. The maximum atomic E-state index is 9.71. The van der Waals surface area contributed by atoms with Gasteiger partial charge in [-0.25, -0.2) is 4.98 Å². The minimum absolute atomic E-state index is 0.395. The fourth-order valence-electron chi connectivity index (χ4n) is 3.28. The molecule has 5 nitrogen and oxygen atoms in total. The van der Waals surface area contributed by atoms with Crippen LogP contribution in [0.15, 0.2) is 60.8 Å². The van der Waals surface area contributed by atoms with Gasteiger partial charge in [0.05, 0.1) is 6.61 Å². The molecular weight excluding hydrogens is 352 g/mol. The zero-order valence-corrected chi connectivity index (χ0v) is 16.3. The van der Waals surface area contributed by atoms with Gasteiger partial charge in [0.1, 0.15) is 11.6 Å². The molecule has 3 aromatic rings. The second-order valence-corrected chi connectivity index (χ2v) is 6.81. The maximum absolute atomic E-state index is 9.71. The van der Waals surface area contributed by atoms with E-state index in [1.807, 2.05) is 54.7 Å². The van der Waals surface area contributed by atoms with Crippen molar-refractivity contribution in [1.82, 2.24) is 4.98 Å². The molecule has 5 heteroatoms. The lowest BCUT2D eigenvalue weighted by Gasteiger charge is -2.24. The second kappa shape index (κ2) is 10.1. The van der Waals surface area contributed by atoms with E-state index in [9.17, 15) is 10.2 Å². The van der Waals surface area contributed by atoms with Crippen LogP contribution in [0.3, 0.4) is 0 Å². The first-order valence-electron chi connectivity index (χ1n) is 9.87. The number of nitrogens with zero attached hydrogens (tertiary/aromatic N) is 2. The Morgan fingerprint density at radius 3 is 2.50 bits per heavy atom. The van der Waals surface area contributed by atoms with E-state index in [1.54, 1.807) is 6.07 Å². The summed E-state index contributed by atoms with van der Waals surface area (Å²) in [5, 5.41) is 21.3. The van der Waals surface area contributed by atoms with Crippen molar-refractivity contribution in [1.29, 1.82) is 0 Å². The first-order valence-corrected chi connectivity index (χ1v) is 9.87. The molecule has 0 bridgehead atoms. The van der Waals surface area contributed by atoms with Gasteiger partial charge in [-0.15, -0.1) is 0 Å². The lowest BCUT2D eigenvalue weighted by molar-refractivity contribution is -0.0440. The van der Waals surface area contributed by atoms with Gasteiger partial charge in [0.2, 0.25) is 0 Å². The van der Waals surface area contributed by atoms with E-state index < -0.39 is 6.29 Å². The zero-order valence-electron chi connectivity index (χ0n) is 16.3. The van der Waals surface area contributed by atoms with E-state index in [2.05, 4.69) is 16.8 Å². The molecule has 0 fully saturated rings. The molecule has 1 aromatic heterocycles. The number of unbranched alkanes of at least 4 members (excludes halogenated alkanes) is 1. The van der Waals surface area contributed by atoms with Gasteiger partial charge in [-0.3, -0.25) is 0 Å². The first-order chi connectivity index (χ1) is 13.7. The molecule has 2 N–H and O–H groups in total. The van der Waals surface area contributed by atoms with Gasteiger partial charge >= 0.3 is 0 Å². The summed E-state index contributed by atoms with van der Waals surface area (Å²) in [5.41, 5.74) is 0.395. The molecule has 0 unspecified atom stereocenters. The Bertz CT molecular complexity index is 868. The number of aromatic nitrogens is 1. The van der Waals surface area contributed by atoms with E-state index in [4.69, 9.17) is 4.74 Å². The number of anilines is 1. The molecule has 0 spiro atoms. The summed E-state index contributed by atoms with van der Waals surface area (Å²) in [6, 6.07) is 17.4. The van der Waals surface area contributed by atoms with E-state index >= 15 is 0 Å². The normalized spacial score (nSPS) is 11.1. The number of fused-ring (bicyclic) bond motifs is 1. The molecule has 148 valence electrons. The average molecular weight is 380 g/mol. The highest BCUT2D eigenvalue weighted by atomic mass is 16.5.